The number of aromatic nitrogens is 3. The van der Waals surface area contributed by atoms with Crippen LogP contribution in [0, 0.1) is 5.92 Å². The molecule has 0 N–H and O–H groups in total. The van der Waals surface area contributed by atoms with Gasteiger partial charge >= 0.3 is 0 Å². The molecule has 6 heteroatoms. The van der Waals surface area contributed by atoms with Crippen molar-refractivity contribution in [2.45, 2.75) is 12.8 Å². The summed E-state index contributed by atoms with van der Waals surface area (Å²) in [4.78, 5) is 18.5. The predicted octanol–water partition coefficient (Wildman–Crippen LogP) is 1.82. The molecule has 3 rings (SSSR count). The molecule has 100 valence electrons. The summed E-state index contributed by atoms with van der Waals surface area (Å²) < 4.78 is 1.67. The quantitative estimate of drug-likeness (QED) is 0.788. The van der Waals surface area contributed by atoms with Crippen molar-refractivity contribution in [1.82, 2.24) is 19.5 Å². The number of likely N-dealkylation sites (tertiary alicyclic amines) is 1. The topological polar surface area (TPSA) is 50.5 Å². The van der Waals surface area contributed by atoms with Crippen LogP contribution in [0.4, 0.5) is 0 Å². The minimum Gasteiger partial charge on any atom is -0.338 e. The Balaban J connectivity index is 1.87. The maximum absolute atomic E-state index is 12.5. The van der Waals surface area contributed by atoms with Crippen molar-refractivity contribution in [3.8, 4) is 0 Å². The van der Waals surface area contributed by atoms with Crippen LogP contribution in [-0.4, -0.2) is 44.4 Å². The van der Waals surface area contributed by atoms with Crippen LogP contribution in [0.3, 0.4) is 0 Å². The first-order chi connectivity index (χ1) is 9.29. The lowest BCUT2D eigenvalue weighted by molar-refractivity contribution is 0.0687. The molecule has 0 saturated carbocycles. The third-order valence-electron chi connectivity index (χ3n) is 3.58. The van der Waals surface area contributed by atoms with Gasteiger partial charge in [-0.25, -0.2) is 4.52 Å². The number of alkyl halides is 1. The average Bonchev–Trinajstić information content (AvgIpc) is 2.90. The van der Waals surface area contributed by atoms with Crippen molar-refractivity contribution >= 4 is 23.0 Å². The number of rotatable bonds is 2. The molecule has 1 fully saturated rings. The van der Waals surface area contributed by atoms with Gasteiger partial charge in [0.2, 0.25) is 0 Å². The number of halogens is 1. The van der Waals surface area contributed by atoms with E-state index in [-0.39, 0.29) is 5.91 Å². The number of fused-ring (bicyclic) bond motifs is 1. The van der Waals surface area contributed by atoms with Gasteiger partial charge in [-0.3, -0.25) is 9.78 Å². The molecule has 0 aliphatic carbocycles. The Kier molecular flexibility index (Phi) is 3.38. The number of carbonyl (C=O) groups is 1. The number of hydrogen-bond acceptors (Lipinski definition) is 3. The van der Waals surface area contributed by atoms with Crippen LogP contribution < -0.4 is 0 Å². The van der Waals surface area contributed by atoms with E-state index in [1.807, 2.05) is 4.90 Å². The second-order valence-corrected chi connectivity index (χ2v) is 5.19. The molecule has 1 saturated heterocycles. The first-order valence-electron chi connectivity index (χ1n) is 6.42. The van der Waals surface area contributed by atoms with E-state index >= 15 is 0 Å². The van der Waals surface area contributed by atoms with Crippen molar-refractivity contribution in [2.24, 2.45) is 5.92 Å². The molecule has 19 heavy (non-hydrogen) atoms. The van der Waals surface area contributed by atoms with Gasteiger partial charge in [-0.05, 0) is 18.8 Å². The highest BCUT2D eigenvalue weighted by Crippen LogP contribution is 2.20. The van der Waals surface area contributed by atoms with Gasteiger partial charge in [0, 0.05) is 31.4 Å². The Hall–Kier alpha value is -1.62. The highest BCUT2D eigenvalue weighted by molar-refractivity contribution is 6.18. The van der Waals surface area contributed by atoms with Crippen molar-refractivity contribution in [3.05, 3.63) is 30.4 Å². The molecule has 1 aliphatic heterocycles. The zero-order valence-electron chi connectivity index (χ0n) is 10.5. The molecule has 2 aromatic heterocycles. The summed E-state index contributed by atoms with van der Waals surface area (Å²) in [5, 5.41) is 4.18. The Labute approximate surface area is 116 Å². The predicted molar refractivity (Wildman–Crippen MR) is 72.3 cm³/mol. The highest BCUT2D eigenvalue weighted by Gasteiger charge is 2.25. The third-order valence-corrected chi connectivity index (χ3v) is 4.02. The van der Waals surface area contributed by atoms with Crippen LogP contribution in [0.1, 0.15) is 23.2 Å². The molecular formula is C13H15ClN4O. The number of nitrogens with zero attached hydrogens (tertiary/aromatic N) is 4. The SMILES string of the molecule is O=C(c1cnn2ccncc12)N1CCCC(CCl)C1. The number of hydrogen-bond donors (Lipinski definition) is 0. The van der Waals surface area contributed by atoms with E-state index in [2.05, 4.69) is 10.1 Å². The van der Waals surface area contributed by atoms with Crippen LogP contribution in [0.2, 0.25) is 0 Å². The van der Waals surface area contributed by atoms with E-state index < -0.39 is 0 Å². The second-order valence-electron chi connectivity index (χ2n) is 4.88. The van der Waals surface area contributed by atoms with E-state index in [0.717, 1.165) is 31.4 Å². The Bertz CT molecular complexity index is 597. The zero-order chi connectivity index (χ0) is 13.2. The van der Waals surface area contributed by atoms with E-state index in [0.29, 0.717) is 17.4 Å². The number of piperidine rings is 1. The van der Waals surface area contributed by atoms with Crippen LogP contribution >= 0.6 is 11.6 Å². The van der Waals surface area contributed by atoms with E-state index in [4.69, 9.17) is 11.6 Å². The smallest absolute Gasteiger partial charge is 0.257 e. The fraction of sp³-hybridized carbons (Fsp3) is 0.462. The van der Waals surface area contributed by atoms with E-state index in [1.54, 1.807) is 29.3 Å². The van der Waals surface area contributed by atoms with Gasteiger partial charge in [0.05, 0.1) is 23.5 Å². The standard InChI is InChI=1S/C13H15ClN4O/c14-6-10-2-1-4-17(9-10)13(19)11-7-16-18-5-3-15-8-12(11)18/h3,5,7-8,10H,1-2,4,6,9H2. The summed E-state index contributed by atoms with van der Waals surface area (Å²) in [6.07, 6.45) is 8.79. The zero-order valence-corrected chi connectivity index (χ0v) is 11.3. The summed E-state index contributed by atoms with van der Waals surface area (Å²) in [6.45, 7) is 1.53. The van der Waals surface area contributed by atoms with Gasteiger partial charge < -0.3 is 4.90 Å². The monoisotopic (exact) mass is 278 g/mol. The van der Waals surface area contributed by atoms with Gasteiger partial charge in [0.25, 0.3) is 5.91 Å². The summed E-state index contributed by atoms with van der Waals surface area (Å²) in [5.41, 5.74) is 1.36. The normalized spacial score (nSPS) is 19.8. The minimum absolute atomic E-state index is 0.0258. The van der Waals surface area contributed by atoms with Crippen LogP contribution in [0.25, 0.3) is 5.52 Å². The molecule has 0 spiro atoms. The molecule has 0 aromatic carbocycles. The minimum atomic E-state index is 0.0258. The Morgan fingerprint density at radius 3 is 3.21 bits per heavy atom. The van der Waals surface area contributed by atoms with Gasteiger partial charge in [0.1, 0.15) is 0 Å². The summed E-state index contributed by atoms with van der Waals surface area (Å²) in [5.74, 6) is 1.04. The van der Waals surface area contributed by atoms with Crippen molar-refractivity contribution in [3.63, 3.8) is 0 Å². The Morgan fingerprint density at radius 2 is 2.37 bits per heavy atom. The maximum Gasteiger partial charge on any atom is 0.257 e. The lowest BCUT2D eigenvalue weighted by Crippen LogP contribution is -2.40. The van der Waals surface area contributed by atoms with Crippen molar-refractivity contribution < 1.29 is 4.79 Å². The molecule has 0 radical (unpaired) electrons. The number of carbonyl (C=O) groups excluding carboxylic acids is 1. The van der Waals surface area contributed by atoms with E-state index in [1.165, 1.54) is 0 Å². The van der Waals surface area contributed by atoms with Crippen LogP contribution in [0.15, 0.2) is 24.8 Å². The molecule has 3 heterocycles. The first kappa shape index (κ1) is 12.4. The summed E-state index contributed by atoms with van der Waals surface area (Å²) in [6, 6.07) is 0. The van der Waals surface area contributed by atoms with Gasteiger partial charge in [-0.2, -0.15) is 5.10 Å². The van der Waals surface area contributed by atoms with E-state index in [9.17, 15) is 4.79 Å². The molecule has 5 nitrogen and oxygen atoms in total. The molecule has 1 atom stereocenters. The van der Waals surface area contributed by atoms with Crippen LogP contribution in [0.5, 0.6) is 0 Å². The second kappa shape index (κ2) is 5.17. The summed E-state index contributed by atoms with van der Waals surface area (Å²) in [7, 11) is 0. The fourth-order valence-electron chi connectivity index (χ4n) is 2.55. The molecule has 1 aliphatic rings. The number of amides is 1. The molecule has 1 unspecified atom stereocenters. The molecule has 2 aromatic rings. The first-order valence-corrected chi connectivity index (χ1v) is 6.95. The average molecular weight is 279 g/mol. The molecule has 1 amide bonds. The highest BCUT2D eigenvalue weighted by atomic mass is 35.5. The van der Waals surface area contributed by atoms with Crippen molar-refractivity contribution in [1.29, 1.82) is 0 Å². The van der Waals surface area contributed by atoms with Crippen molar-refractivity contribution in [2.75, 3.05) is 19.0 Å². The van der Waals surface area contributed by atoms with Crippen LogP contribution in [-0.2, 0) is 0 Å². The maximum atomic E-state index is 12.5. The summed E-state index contributed by atoms with van der Waals surface area (Å²) >= 11 is 5.91. The van der Waals surface area contributed by atoms with Gasteiger partial charge in [-0.15, -0.1) is 11.6 Å². The molecular weight excluding hydrogens is 264 g/mol. The lowest BCUT2D eigenvalue weighted by atomic mass is 9.99. The fourth-order valence-corrected chi connectivity index (χ4v) is 2.80. The molecule has 0 bridgehead atoms. The largest absolute Gasteiger partial charge is 0.338 e. The third kappa shape index (κ3) is 2.30. The lowest BCUT2D eigenvalue weighted by Gasteiger charge is -2.31. The van der Waals surface area contributed by atoms with Gasteiger partial charge in [-0.1, -0.05) is 0 Å². The van der Waals surface area contributed by atoms with Gasteiger partial charge in [0.15, 0.2) is 0 Å². The Morgan fingerprint density at radius 1 is 1.47 bits per heavy atom.